The Morgan fingerprint density at radius 2 is 2.09 bits per heavy atom. The lowest BCUT2D eigenvalue weighted by atomic mass is 10.3. The van der Waals surface area contributed by atoms with Crippen LogP contribution in [-0.2, 0) is 0 Å². The molecule has 1 nitrogen and oxygen atoms in total. The van der Waals surface area contributed by atoms with E-state index in [0.717, 1.165) is 6.20 Å². The highest BCUT2D eigenvalue weighted by molar-refractivity contribution is 9.10. The zero-order valence-electron chi connectivity index (χ0n) is 5.19. The number of pyridine rings is 1. The van der Waals surface area contributed by atoms with Crippen LogP contribution < -0.4 is 0 Å². The van der Waals surface area contributed by atoms with Gasteiger partial charge in [-0.25, -0.2) is 8.78 Å². The van der Waals surface area contributed by atoms with Gasteiger partial charge in [-0.2, -0.15) is 0 Å². The fourth-order valence-electron chi connectivity index (χ4n) is 0.586. The molecule has 0 bridgehead atoms. The Kier molecular flexibility index (Phi) is 2.78. The summed E-state index contributed by atoms with van der Waals surface area (Å²) >= 11 is 8.51. The van der Waals surface area contributed by atoms with Gasteiger partial charge >= 0.3 is 0 Å². The summed E-state index contributed by atoms with van der Waals surface area (Å²) in [5.41, 5.74) is -0.249. The minimum atomic E-state index is -2.58. The minimum absolute atomic E-state index is 0.0231. The maximum absolute atomic E-state index is 12.1. The smallest absolute Gasteiger partial charge is 0.263 e. The molecule has 0 aliphatic carbocycles. The molecule has 1 aromatic rings. The molecule has 0 atom stereocenters. The number of aromatic nitrogens is 1. The fraction of sp³-hybridized carbons (Fsp3) is 0.167. The topological polar surface area (TPSA) is 12.9 Å². The van der Waals surface area contributed by atoms with Gasteiger partial charge in [0.25, 0.3) is 6.43 Å². The molecule has 11 heavy (non-hydrogen) atoms. The maximum Gasteiger partial charge on any atom is 0.266 e. The Labute approximate surface area is 75.5 Å². The SMILES string of the molecule is FC(F)c1cncc(Br)c1Cl. The molecule has 0 fully saturated rings. The second-order valence-electron chi connectivity index (χ2n) is 1.83. The third-order valence-corrected chi connectivity index (χ3v) is 2.35. The van der Waals surface area contributed by atoms with E-state index in [2.05, 4.69) is 20.9 Å². The van der Waals surface area contributed by atoms with E-state index in [-0.39, 0.29) is 10.6 Å². The zero-order chi connectivity index (χ0) is 8.43. The van der Waals surface area contributed by atoms with Crippen molar-refractivity contribution in [3.05, 3.63) is 27.5 Å². The van der Waals surface area contributed by atoms with E-state index in [0.29, 0.717) is 4.47 Å². The van der Waals surface area contributed by atoms with Crippen molar-refractivity contribution in [1.29, 1.82) is 0 Å². The van der Waals surface area contributed by atoms with Gasteiger partial charge in [0.1, 0.15) is 0 Å². The van der Waals surface area contributed by atoms with Crippen LogP contribution >= 0.6 is 27.5 Å². The molecule has 0 aliphatic rings. The predicted octanol–water partition coefficient (Wildman–Crippen LogP) is 3.44. The molecule has 0 radical (unpaired) electrons. The summed E-state index contributed by atoms with van der Waals surface area (Å²) in [4.78, 5) is 3.55. The Morgan fingerprint density at radius 1 is 1.45 bits per heavy atom. The van der Waals surface area contributed by atoms with Gasteiger partial charge in [-0.05, 0) is 15.9 Å². The summed E-state index contributed by atoms with van der Waals surface area (Å²) < 4.78 is 24.5. The van der Waals surface area contributed by atoms with Gasteiger partial charge in [0.2, 0.25) is 0 Å². The van der Waals surface area contributed by atoms with Crippen LogP contribution in [0.4, 0.5) is 8.78 Å². The van der Waals surface area contributed by atoms with Crippen molar-refractivity contribution in [2.75, 3.05) is 0 Å². The average Bonchev–Trinajstić information content (AvgIpc) is 1.94. The molecular formula is C6H3BrClF2N. The first-order chi connectivity index (χ1) is 5.13. The third-order valence-electron chi connectivity index (χ3n) is 1.10. The standard InChI is InChI=1S/C6H3BrClF2N/c7-4-2-11-1-3(5(4)8)6(9)10/h1-2,6H. The molecule has 1 rings (SSSR count). The van der Waals surface area contributed by atoms with Gasteiger partial charge in [-0.15, -0.1) is 0 Å². The summed E-state index contributed by atoms with van der Waals surface area (Å²) in [7, 11) is 0. The van der Waals surface area contributed by atoms with Gasteiger partial charge in [0.15, 0.2) is 0 Å². The van der Waals surface area contributed by atoms with Crippen LogP contribution in [0.3, 0.4) is 0 Å². The number of hydrogen-bond acceptors (Lipinski definition) is 1. The minimum Gasteiger partial charge on any atom is -0.263 e. The average molecular weight is 242 g/mol. The fourth-order valence-corrected chi connectivity index (χ4v) is 1.11. The number of alkyl halides is 2. The van der Waals surface area contributed by atoms with Crippen LogP contribution in [0.5, 0.6) is 0 Å². The number of hydrogen-bond donors (Lipinski definition) is 0. The van der Waals surface area contributed by atoms with Crippen molar-refractivity contribution in [3.63, 3.8) is 0 Å². The molecule has 0 amide bonds. The van der Waals surface area contributed by atoms with E-state index >= 15 is 0 Å². The van der Waals surface area contributed by atoms with Crippen LogP contribution in [0.25, 0.3) is 0 Å². The van der Waals surface area contributed by atoms with E-state index in [1.807, 2.05) is 0 Å². The molecule has 0 spiro atoms. The molecule has 0 aromatic carbocycles. The van der Waals surface area contributed by atoms with E-state index in [1.165, 1.54) is 6.20 Å². The van der Waals surface area contributed by atoms with Crippen molar-refractivity contribution >= 4 is 27.5 Å². The third kappa shape index (κ3) is 1.87. The lowest BCUT2D eigenvalue weighted by Crippen LogP contribution is -1.88. The van der Waals surface area contributed by atoms with Gasteiger partial charge in [-0.1, -0.05) is 11.6 Å². The first-order valence-electron chi connectivity index (χ1n) is 2.70. The lowest BCUT2D eigenvalue weighted by Gasteiger charge is -2.01. The zero-order valence-corrected chi connectivity index (χ0v) is 7.53. The molecule has 5 heteroatoms. The largest absolute Gasteiger partial charge is 0.266 e. The summed E-state index contributed by atoms with van der Waals surface area (Å²) in [6, 6.07) is 0. The second-order valence-corrected chi connectivity index (χ2v) is 3.06. The van der Waals surface area contributed by atoms with Crippen molar-refractivity contribution in [2.24, 2.45) is 0 Å². The number of rotatable bonds is 1. The van der Waals surface area contributed by atoms with Crippen molar-refractivity contribution in [1.82, 2.24) is 4.98 Å². The van der Waals surface area contributed by atoms with Crippen molar-refractivity contribution in [3.8, 4) is 0 Å². The second kappa shape index (κ2) is 3.45. The van der Waals surface area contributed by atoms with Crippen LogP contribution in [0, 0.1) is 0 Å². The molecule has 0 N–H and O–H groups in total. The molecule has 1 heterocycles. The molecule has 0 saturated carbocycles. The number of halogens is 4. The van der Waals surface area contributed by atoms with Crippen LogP contribution in [0.15, 0.2) is 16.9 Å². The van der Waals surface area contributed by atoms with E-state index in [9.17, 15) is 8.78 Å². The summed E-state index contributed by atoms with van der Waals surface area (Å²) in [5.74, 6) is 0. The number of nitrogens with zero attached hydrogens (tertiary/aromatic N) is 1. The Hall–Kier alpha value is -0.220. The highest BCUT2D eigenvalue weighted by Crippen LogP contribution is 2.31. The Balaban J connectivity index is 3.17. The van der Waals surface area contributed by atoms with E-state index in [1.54, 1.807) is 0 Å². The van der Waals surface area contributed by atoms with Gasteiger partial charge in [0, 0.05) is 12.4 Å². The molecule has 0 unspecified atom stereocenters. The van der Waals surface area contributed by atoms with Gasteiger partial charge < -0.3 is 0 Å². The Morgan fingerprint density at radius 3 is 2.55 bits per heavy atom. The molecule has 60 valence electrons. The first kappa shape index (κ1) is 8.87. The summed E-state index contributed by atoms with van der Waals surface area (Å²) in [6.07, 6.45) is -0.154. The van der Waals surface area contributed by atoms with Gasteiger partial charge in [0.05, 0.1) is 15.1 Å². The first-order valence-corrected chi connectivity index (χ1v) is 3.87. The normalized spacial score (nSPS) is 10.6. The highest BCUT2D eigenvalue weighted by Gasteiger charge is 2.13. The lowest BCUT2D eigenvalue weighted by molar-refractivity contribution is 0.151. The van der Waals surface area contributed by atoms with Crippen molar-refractivity contribution in [2.45, 2.75) is 6.43 Å². The molecular weight excluding hydrogens is 239 g/mol. The maximum atomic E-state index is 12.1. The van der Waals surface area contributed by atoms with Gasteiger partial charge in [-0.3, -0.25) is 4.98 Å². The van der Waals surface area contributed by atoms with Crippen LogP contribution in [-0.4, -0.2) is 4.98 Å². The van der Waals surface area contributed by atoms with E-state index < -0.39 is 6.43 Å². The molecule has 0 saturated heterocycles. The highest BCUT2D eigenvalue weighted by atomic mass is 79.9. The van der Waals surface area contributed by atoms with Crippen molar-refractivity contribution < 1.29 is 8.78 Å². The quantitative estimate of drug-likeness (QED) is 0.735. The molecule has 1 aromatic heterocycles. The van der Waals surface area contributed by atoms with E-state index in [4.69, 9.17) is 11.6 Å². The molecule has 0 aliphatic heterocycles. The Bertz CT molecular complexity index is 267. The predicted molar refractivity (Wildman–Crippen MR) is 41.9 cm³/mol. The van der Waals surface area contributed by atoms with Crippen LogP contribution in [0.1, 0.15) is 12.0 Å². The summed E-state index contributed by atoms with van der Waals surface area (Å²) in [5, 5.41) is 0.0231. The monoisotopic (exact) mass is 241 g/mol. The van der Waals surface area contributed by atoms with Crippen LogP contribution in [0.2, 0.25) is 5.02 Å². The summed E-state index contributed by atoms with van der Waals surface area (Å²) in [6.45, 7) is 0.